The summed E-state index contributed by atoms with van der Waals surface area (Å²) in [4.78, 5) is 8.75. The SMILES string of the molecule is Cc1ccnc(-c2[c-]cc3c4ccccc4c4ccccc4c3c2)c1.[Ir].[c-]1ccccc1-c1ccccn1. The summed E-state index contributed by atoms with van der Waals surface area (Å²) >= 11 is 0. The number of hydrogen-bond donors (Lipinski definition) is 0. The van der Waals surface area contributed by atoms with Crippen molar-refractivity contribution in [2.75, 3.05) is 0 Å². The maximum Gasteiger partial charge on any atom is 0.0163 e. The van der Waals surface area contributed by atoms with Gasteiger partial charge < -0.3 is 9.97 Å². The van der Waals surface area contributed by atoms with Crippen LogP contribution >= 0.6 is 0 Å². The van der Waals surface area contributed by atoms with Crippen molar-refractivity contribution >= 4 is 32.3 Å². The Morgan fingerprint density at radius 1 is 0.500 bits per heavy atom. The maximum absolute atomic E-state index is 4.53. The van der Waals surface area contributed by atoms with Crippen molar-refractivity contribution in [3.8, 4) is 22.5 Å². The second-order valence-corrected chi connectivity index (χ2v) is 8.97. The van der Waals surface area contributed by atoms with Crippen LogP contribution in [0.5, 0.6) is 0 Å². The van der Waals surface area contributed by atoms with Crippen LogP contribution in [0.15, 0.2) is 128 Å². The van der Waals surface area contributed by atoms with Gasteiger partial charge in [-0.3, -0.25) is 0 Å². The molecule has 0 bridgehead atoms. The molecule has 3 heteroatoms. The summed E-state index contributed by atoms with van der Waals surface area (Å²) in [6, 6.07) is 46.0. The number of aromatic nitrogens is 2. The molecule has 38 heavy (non-hydrogen) atoms. The number of rotatable bonds is 2. The minimum atomic E-state index is 0. The van der Waals surface area contributed by atoms with Crippen LogP contribution in [0, 0.1) is 19.1 Å². The number of nitrogens with zero attached hydrogens (tertiary/aromatic N) is 2. The third-order valence-corrected chi connectivity index (χ3v) is 6.52. The van der Waals surface area contributed by atoms with Crippen LogP contribution in [0.4, 0.5) is 0 Å². The van der Waals surface area contributed by atoms with Gasteiger partial charge in [0.25, 0.3) is 0 Å². The van der Waals surface area contributed by atoms with Crippen molar-refractivity contribution in [1.82, 2.24) is 9.97 Å². The third-order valence-electron chi connectivity index (χ3n) is 6.52. The molecule has 2 nitrogen and oxygen atoms in total. The van der Waals surface area contributed by atoms with Crippen molar-refractivity contribution in [2.45, 2.75) is 6.92 Å². The van der Waals surface area contributed by atoms with E-state index in [9.17, 15) is 0 Å². The first-order valence-corrected chi connectivity index (χ1v) is 12.3. The first-order chi connectivity index (χ1) is 18.3. The second kappa shape index (κ2) is 11.5. The first kappa shape index (κ1) is 25.5. The number of benzene rings is 5. The molecule has 0 aliphatic rings. The summed E-state index contributed by atoms with van der Waals surface area (Å²) in [5, 5.41) is 7.63. The van der Waals surface area contributed by atoms with Gasteiger partial charge in [-0.15, -0.1) is 59.7 Å². The number of fused-ring (bicyclic) bond motifs is 6. The molecule has 7 aromatic rings. The monoisotopic (exact) mass is 665 g/mol. The van der Waals surface area contributed by atoms with E-state index in [-0.39, 0.29) is 20.1 Å². The van der Waals surface area contributed by atoms with Crippen molar-refractivity contribution in [2.24, 2.45) is 0 Å². The fourth-order valence-electron chi connectivity index (χ4n) is 4.75. The largest absolute Gasteiger partial charge is 0.305 e. The second-order valence-electron chi connectivity index (χ2n) is 8.97. The van der Waals surface area contributed by atoms with Crippen LogP contribution in [0.1, 0.15) is 5.56 Å². The fraction of sp³-hybridized carbons (Fsp3) is 0.0286. The summed E-state index contributed by atoms with van der Waals surface area (Å²) in [6.45, 7) is 2.09. The first-order valence-electron chi connectivity index (χ1n) is 12.3. The van der Waals surface area contributed by atoms with Gasteiger partial charge in [-0.05, 0) is 46.6 Å². The molecular formula is C35H24IrN2-2. The Hall–Kier alpha value is -4.17. The predicted molar refractivity (Wildman–Crippen MR) is 154 cm³/mol. The Kier molecular flexibility index (Phi) is 7.70. The Labute approximate surface area is 236 Å². The summed E-state index contributed by atoms with van der Waals surface area (Å²) in [5.74, 6) is 0. The molecule has 0 aliphatic heterocycles. The zero-order valence-electron chi connectivity index (χ0n) is 20.9. The average Bonchev–Trinajstić information content (AvgIpc) is 2.98. The van der Waals surface area contributed by atoms with Crippen LogP contribution in [-0.2, 0) is 20.1 Å². The van der Waals surface area contributed by atoms with Crippen molar-refractivity contribution in [3.05, 3.63) is 145 Å². The number of hydrogen-bond acceptors (Lipinski definition) is 2. The molecule has 185 valence electrons. The van der Waals surface area contributed by atoms with Gasteiger partial charge >= 0.3 is 0 Å². The summed E-state index contributed by atoms with van der Waals surface area (Å²) in [7, 11) is 0. The molecule has 0 N–H and O–H groups in total. The van der Waals surface area contributed by atoms with Crippen LogP contribution in [0.25, 0.3) is 54.8 Å². The molecule has 0 saturated carbocycles. The standard InChI is InChI=1S/C24H16N.C11H8N.Ir/c1-16-12-13-25-24(14-16)17-10-11-22-20-8-3-2-6-18(20)19-7-4-5-9-21(19)23(22)15-17;1-2-6-10(7-3-1)11-8-4-5-9-12-11;/h2-9,11-15H,1H3;1-6,8-9H;/q2*-1;. The molecule has 0 aliphatic carbocycles. The van der Waals surface area contributed by atoms with Crippen LogP contribution in [-0.4, -0.2) is 9.97 Å². The van der Waals surface area contributed by atoms with E-state index in [1.807, 2.05) is 54.7 Å². The molecule has 0 saturated heterocycles. The molecule has 2 aromatic heterocycles. The van der Waals surface area contributed by atoms with Gasteiger partial charge in [-0.2, -0.15) is 0 Å². The van der Waals surface area contributed by atoms with Crippen LogP contribution in [0.3, 0.4) is 0 Å². The van der Waals surface area contributed by atoms with Gasteiger partial charge in [-0.1, -0.05) is 88.5 Å². The summed E-state index contributed by atoms with van der Waals surface area (Å²) < 4.78 is 0. The van der Waals surface area contributed by atoms with E-state index in [1.165, 1.54) is 37.9 Å². The van der Waals surface area contributed by atoms with E-state index in [2.05, 4.69) is 95.8 Å². The van der Waals surface area contributed by atoms with E-state index in [1.54, 1.807) is 6.20 Å². The quantitative estimate of drug-likeness (QED) is 0.136. The molecular weight excluding hydrogens is 641 g/mol. The van der Waals surface area contributed by atoms with Gasteiger partial charge in [0.2, 0.25) is 0 Å². The van der Waals surface area contributed by atoms with Crippen molar-refractivity contribution in [3.63, 3.8) is 0 Å². The van der Waals surface area contributed by atoms with E-state index in [0.29, 0.717) is 0 Å². The Morgan fingerprint density at radius 2 is 1.13 bits per heavy atom. The van der Waals surface area contributed by atoms with Crippen LogP contribution in [0.2, 0.25) is 0 Å². The van der Waals surface area contributed by atoms with E-state index in [4.69, 9.17) is 0 Å². The molecule has 2 heterocycles. The minimum Gasteiger partial charge on any atom is -0.305 e. The molecule has 7 rings (SSSR count). The molecule has 0 spiro atoms. The molecule has 0 atom stereocenters. The number of pyridine rings is 2. The van der Waals surface area contributed by atoms with Crippen molar-refractivity contribution < 1.29 is 20.1 Å². The smallest absolute Gasteiger partial charge is 0.0163 e. The molecule has 0 unspecified atom stereocenters. The molecule has 0 amide bonds. The van der Waals surface area contributed by atoms with Gasteiger partial charge in [0.15, 0.2) is 0 Å². The third kappa shape index (κ3) is 5.13. The normalized spacial score (nSPS) is 10.6. The van der Waals surface area contributed by atoms with Crippen LogP contribution < -0.4 is 0 Å². The average molecular weight is 665 g/mol. The Bertz CT molecular complexity index is 1760. The zero-order valence-corrected chi connectivity index (χ0v) is 23.2. The topological polar surface area (TPSA) is 25.8 Å². The zero-order chi connectivity index (χ0) is 25.0. The van der Waals surface area contributed by atoms with Gasteiger partial charge in [0.1, 0.15) is 0 Å². The minimum absolute atomic E-state index is 0. The number of aryl methyl sites for hydroxylation is 1. The predicted octanol–water partition coefficient (Wildman–Crippen LogP) is 8.86. The van der Waals surface area contributed by atoms with E-state index >= 15 is 0 Å². The van der Waals surface area contributed by atoms with Gasteiger partial charge in [0.05, 0.1) is 0 Å². The van der Waals surface area contributed by atoms with Gasteiger partial charge in [0, 0.05) is 32.5 Å². The van der Waals surface area contributed by atoms with E-state index < -0.39 is 0 Å². The summed E-state index contributed by atoms with van der Waals surface area (Å²) in [5.41, 5.74) is 5.23. The Morgan fingerprint density at radius 3 is 1.76 bits per heavy atom. The Balaban J connectivity index is 0.000000191. The molecule has 5 aromatic carbocycles. The van der Waals surface area contributed by atoms with E-state index in [0.717, 1.165) is 22.5 Å². The summed E-state index contributed by atoms with van der Waals surface area (Å²) in [6.07, 6.45) is 3.65. The molecule has 0 fully saturated rings. The van der Waals surface area contributed by atoms with Crippen molar-refractivity contribution in [1.29, 1.82) is 0 Å². The molecule has 1 radical (unpaired) electrons. The fourth-order valence-corrected chi connectivity index (χ4v) is 4.75. The van der Waals surface area contributed by atoms with Gasteiger partial charge in [-0.25, -0.2) is 0 Å². The maximum atomic E-state index is 4.53.